The summed E-state index contributed by atoms with van der Waals surface area (Å²) in [5.74, 6) is 0.120. The number of halogens is 3. The molecule has 2 rings (SSSR count). The van der Waals surface area contributed by atoms with Gasteiger partial charge in [0.2, 0.25) is 0 Å². The maximum Gasteiger partial charge on any atom is 0.433 e. The number of alkyl halides is 3. The third-order valence-corrected chi connectivity index (χ3v) is 2.59. The minimum absolute atomic E-state index is 0.172. The molecule has 0 unspecified atom stereocenters. The number of aromatic nitrogens is 2. The Kier molecular flexibility index (Phi) is 4.06. The van der Waals surface area contributed by atoms with Crippen molar-refractivity contribution in [2.24, 2.45) is 0 Å². The molecule has 2 heterocycles. The molecule has 0 atom stereocenters. The molecule has 0 radical (unpaired) electrons. The molecule has 0 fully saturated rings. The van der Waals surface area contributed by atoms with E-state index in [0.29, 0.717) is 5.82 Å². The molecule has 0 bridgehead atoms. The van der Waals surface area contributed by atoms with Gasteiger partial charge in [-0.25, -0.2) is 9.97 Å². The van der Waals surface area contributed by atoms with Gasteiger partial charge in [-0.15, -0.1) is 0 Å². The molecule has 2 aromatic rings. The molecule has 0 aliphatic carbocycles. The summed E-state index contributed by atoms with van der Waals surface area (Å²) < 4.78 is 37.1. The van der Waals surface area contributed by atoms with Gasteiger partial charge in [0, 0.05) is 13.2 Å². The van der Waals surface area contributed by atoms with E-state index in [9.17, 15) is 18.0 Å². The second-order valence-corrected chi connectivity index (χ2v) is 4.07. The van der Waals surface area contributed by atoms with Gasteiger partial charge < -0.3 is 10.6 Å². The van der Waals surface area contributed by atoms with Crippen molar-refractivity contribution in [2.75, 3.05) is 17.7 Å². The summed E-state index contributed by atoms with van der Waals surface area (Å²) in [6.07, 6.45) is -2.19. The van der Waals surface area contributed by atoms with Gasteiger partial charge in [-0.3, -0.25) is 4.79 Å². The molecule has 0 aromatic carbocycles. The van der Waals surface area contributed by atoms with E-state index in [2.05, 4.69) is 20.6 Å². The Morgan fingerprint density at radius 1 is 1.10 bits per heavy atom. The molecule has 0 saturated carbocycles. The number of carbonyl (C=O) groups excluding carboxylic acids is 1. The third kappa shape index (κ3) is 3.68. The van der Waals surface area contributed by atoms with E-state index in [1.165, 1.54) is 6.20 Å². The fourth-order valence-electron chi connectivity index (χ4n) is 1.51. The Labute approximate surface area is 118 Å². The van der Waals surface area contributed by atoms with Crippen LogP contribution in [0.4, 0.5) is 24.7 Å². The highest BCUT2D eigenvalue weighted by Gasteiger charge is 2.32. The zero-order valence-corrected chi connectivity index (χ0v) is 10.9. The van der Waals surface area contributed by atoms with Crippen molar-refractivity contribution < 1.29 is 18.0 Å². The molecule has 0 spiro atoms. The zero-order chi connectivity index (χ0) is 15.5. The zero-order valence-electron chi connectivity index (χ0n) is 10.9. The average molecular weight is 296 g/mol. The molecular weight excluding hydrogens is 285 g/mol. The maximum absolute atomic E-state index is 12.4. The molecule has 21 heavy (non-hydrogen) atoms. The molecule has 110 valence electrons. The Morgan fingerprint density at radius 2 is 1.86 bits per heavy atom. The standard InChI is InChI=1S/C13H11F3N4O/c1-17-11-5-2-8(6-19-11)12(21)20-9-3-4-10(18-7-9)13(14,15)16/h2-7H,1H3,(H,17,19)(H,20,21). The minimum atomic E-state index is -4.50. The summed E-state index contributed by atoms with van der Waals surface area (Å²) in [6.45, 7) is 0. The highest BCUT2D eigenvalue weighted by molar-refractivity contribution is 6.04. The van der Waals surface area contributed by atoms with Crippen LogP contribution in [-0.4, -0.2) is 22.9 Å². The first-order valence-electron chi connectivity index (χ1n) is 5.88. The van der Waals surface area contributed by atoms with E-state index < -0.39 is 17.8 Å². The first-order valence-corrected chi connectivity index (χ1v) is 5.88. The lowest BCUT2D eigenvalue weighted by molar-refractivity contribution is -0.141. The van der Waals surface area contributed by atoms with Crippen LogP contribution in [0.3, 0.4) is 0 Å². The van der Waals surface area contributed by atoms with Crippen molar-refractivity contribution in [3.8, 4) is 0 Å². The quantitative estimate of drug-likeness (QED) is 0.914. The second-order valence-electron chi connectivity index (χ2n) is 4.07. The summed E-state index contributed by atoms with van der Waals surface area (Å²) >= 11 is 0. The third-order valence-electron chi connectivity index (χ3n) is 2.59. The van der Waals surface area contributed by atoms with E-state index in [4.69, 9.17) is 0 Å². The van der Waals surface area contributed by atoms with Crippen LogP contribution in [0.15, 0.2) is 36.7 Å². The van der Waals surface area contributed by atoms with Crippen molar-refractivity contribution in [2.45, 2.75) is 6.18 Å². The van der Waals surface area contributed by atoms with Crippen LogP contribution in [0.2, 0.25) is 0 Å². The van der Waals surface area contributed by atoms with Crippen molar-refractivity contribution in [1.82, 2.24) is 9.97 Å². The molecule has 0 aliphatic heterocycles. The van der Waals surface area contributed by atoms with Gasteiger partial charge in [0.25, 0.3) is 5.91 Å². The fraction of sp³-hybridized carbons (Fsp3) is 0.154. The largest absolute Gasteiger partial charge is 0.433 e. The van der Waals surface area contributed by atoms with Gasteiger partial charge in [-0.05, 0) is 24.3 Å². The molecule has 2 aromatic heterocycles. The number of hydrogen-bond donors (Lipinski definition) is 2. The van der Waals surface area contributed by atoms with E-state index in [-0.39, 0.29) is 11.3 Å². The summed E-state index contributed by atoms with van der Waals surface area (Å²) in [5.41, 5.74) is -0.555. The van der Waals surface area contributed by atoms with Crippen LogP contribution in [0.5, 0.6) is 0 Å². The van der Waals surface area contributed by atoms with Crippen molar-refractivity contribution in [1.29, 1.82) is 0 Å². The van der Waals surface area contributed by atoms with Crippen molar-refractivity contribution >= 4 is 17.4 Å². The van der Waals surface area contributed by atoms with Gasteiger partial charge in [0.15, 0.2) is 0 Å². The summed E-state index contributed by atoms with van der Waals surface area (Å²) in [4.78, 5) is 19.1. The van der Waals surface area contributed by atoms with Gasteiger partial charge in [0.05, 0.1) is 17.4 Å². The summed E-state index contributed by atoms with van der Waals surface area (Å²) in [6, 6.07) is 5.10. The first-order chi connectivity index (χ1) is 9.90. The highest BCUT2D eigenvalue weighted by Crippen LogP contribution is 2.27. The summed E-state index contributed by atoms with van der Waals surface area (Å²) in [5, 5.41) is 5.25. The van der Waals surface area contributed by atoms with E-state index >= 15 is 0 Å². The van der Waals surface area contributed by atoms with Gasteiger partial charge in [0.1, 0.15) is 11.5 Å². The van der Waals surface area contributed by atoms with E-state index in [1.54, 1.807) is 19.2 Å². The predicted molar refractivity (Wildman–Crippen MR) is 71.0 cm³/mol. The van der Waals surface area contributed by atoms with E-state index in [1.807, 2.05) is 0 Å². The number of carbonyl (C=O) groups is 1. The number of anilines is 2. The van der Waals surface area contributed by atoms with Gasteiger partial charge >= 0.3 is 6.18 Å². The molecule has 2 N–H and O–H groups in total. The van der Waals surface area contributed by atoms with Crippen LogP contribution in [-0.2, 0) is 6.18 Å². The van der Waals surface area contributed by atoms with Gasteiger partial charge in [-0.2, -0.15) is 13.2 Å². The minimum Gasteiger partial charge on any atom is -0.373 e. The van der Waals surface area contributed by atoms with Crippen LogP contribution in [0.25, 0.3) is 0 Å². The highest BCUT2D eigenvalue weighted by atomic mass is 19.4. The second kappa shape index (κ2) is 5.78. The molecule has 0 aliphatic rings. The smallest absolute Gasteiger partial charge is 0.373 e. The van der Waals surface area contributed by atoms with Crippen LogP contribution in [0, 0.1) is 0 Å². The molecule has 1 amide bonds. The van der Waals surface area contributed by atoms with Crippen LogP contribution >= 0.6 is 0 Å². The van der Waals surface area contributed by atoms with Crippen LogP contribution in [0.1, 0.15) is 16.1 Å². The number of nitrogens with one attached hydrogen (secondary N) is 2. The first kappa shape index (κ1) is 14.8. The molecular formula is C13H11F3N4O. The topological polar surface area (TPSA) is 66.9 Å². The summed E-state index contributed by atoms with van der Waals surface area (Å²) in [7, 11) is 1.69. The average Bonchev–Trinajstić information content (AvgIpc) is 2.47. The SMILES string of the molecule is CNc1ccc(C(=O)Nc2ccc(C(F)(F)F)nc2)cn1. The monoisotopic (exact) mass is 296 g/mol. The van der Waals surface area contributed by atoms with Crippen molar-refractivity contribution in [3.05, 3.63) is 47.9 Å². The number of rotatable bonds is 3. The Balaban J connectivity index is 2.08. The van der Waals surface area contributed by atoms with Crippen LogP contribution < -0.4 is 10.6 Å². The lowest BCUT2D eigenvalue weighted by atomic mass is 10.2. The number of amides is 1. The Hall–Kier alpha value is -2.64. The Bertz CT molecular complexity index is 623. The molecule has 8 heteroatoms. The van der Waals surface area contributed by atoms with Crippen molar-refractivity contribution in [3.63, 3.8) is 0 Å². The lowest BCUT2D eigenvalue weighted by Gasteiger charge is -2.08. The lowest BCUT2D eigenvalue weighted by Crippen LogP contribution is -2.13. The molecule has 5 nitrogen and oxygen atoms in total. The predicted octanol–water partition coefficient (Wildman–Crippen LogP) is 2.79. The number of nitrogens with zero attached hydrogens (tertiary/aromatic N) is 2. The Morgan fingerprint density at radius 3 is 2.33 bits per heavy atom. The number of hydrogen-bond acceptors (Lipinski definition) is 4. The number of pyridine rings is 2. The van der Waals surface area contributed by atoms with E-state index in [0.717, 1.165) is 18.3 Å². The molecule has 0 saturated heterocycles. The van der Waals surface area contributed by atoms with Gasteiger partial charge in [-0.1, -0.05) is 0 Å². The maximum atomic E-state index is 12.4. The normalized spacial score (nSPS) is 11.0. The fourth-order valence-corrected chi connectivity index (χ4v) is 1.51.